The zero-order chi connectivity index (χ0) is 15.2. The van der Waals surface area contributed by atoms with E-state index >= 15 is 0 Å². The Morgan fingerprint density at radius 3 is 2.71 bits per heavy atom. The van der Waals surface area contributed by atoms with Gasteiger partial charge in [-0.05, 0) is 31.5 Å². The number of ether oxygens (including phenoxy) is 2. The van der Waals surface area contributed by atoms with Gasteiger partial charge in [0, 0.05) is 10.9 Å². The Morgan fingerprint density at radius 1 is 1.29 bits per heavy atom. The lowest BCUT2D eigenvalue weighted by Crippen LogP contribution is -2.11. The second-order valence-corrected chi connectivity index (χ2v) is 5.25. The average molecular weight is 305 g/mol. The lowest BCUT2D eigenvalue weighted by molar-refractivity contribution is 0.277. The van der Waals surface area contributed by atoms with Gasteiger partial charge in [-0.2, -0.15) is 0 Å². The minimum Gasteiger partial charge on any atom is -0.490 e. The van der Waals surface area contributed by atoms with E-state index in [0.29, 0.717) is 24.7 Å². The van der Waals surface area contributed by atoms with E-state index in [1.165, 1.54) is 11.3 Å². The zero-order valence-electron chi connectivity index (χ0n) is 12.2. The van der Waals surface area contributed by atoms with Crippen molar-refractivity contribution in [2.45, 2.75) is 20.3 Å². The molecule has 1 aromatic heterocycles. The predicted octanol–water partition coefficient (Wildman–Crippen LogP) is 3.28. The molecule has 2 aromatic rings. The molecule has 0 saturated carbocycles. The Bertz CT molecular complexity index is 625. The van der Waals surface area contributed by atoms with Gasteiger partial charge in [-0.15, -0.1) is 11.3 Å². The highest BCUT2D eigenvalue weighted by molar-refractivity contribution is 7.13. The summed E-state index contributed by atoms with van der Waals surface area (Å²) in [7, 11) is 0. The van der Waals surface area contributed by atoms with E-state index in [-0.39, 0.29) is 5.84 Å². The third kappa shape index (κ3) is 3.72. The van der Waals surface area contributed by atoms with Crippen molar-refractivity contribution in [3.8, 4) is 22.1 Å². The van der Waals surface area contributed by atoms with E-state index in [9.17, 15) is 0 Å². The Morgan fingerprint density at radius 2 is 2.10 bits per heavy atom. The molecule has 21 heavy (non-hydrogen) atoms. The van der Waals surface area contributed by atoms with Crippen LogP contribution in [-0.4, -0.2) is 24.0 Å². The average Bonchev–Trinajstić information content (AvgIpc) is 2.96. The Hall–Kier alpha value is -2.08. The van der Waals surface area contributed by atoms with Gasteiger partial charge in [-0.3, -0.25) is 5.41 Å². The first-order valence-electron chi connectivity index (χ1n) is 6.85. The molecule has 1 heterocycles. The molecule has 3 N–H and O–H groups in total. The number of nitrogens with one attached hydrogen (secondary N) is 1. The number of benzene rings is 1. The van der Waals surface area contributed by atoms with Crippen LogP contribution in [0.1, 0.15) is 26.0 Å². The van der Waals surface area contributed by atoms with E-state index in [1.54, 1.807) is 5.38 Å². The number of amidine groups is 1. The summed E-state index contributed by atoms with van der Waals surface area (Å²) < 4.78 is 11.3. The minimum absolute atomic E-state index is 0.0227. The molecule has 2 rings (SSSR count). The van der Waals surface area contributed by atoms with Gasteiger partial charge in [0.1, 0.15) is 16.5 Å². The fraction of sp³-hybridized carbons (Fsp3) is 0.333. The molecule has 0 atom stereocenters. The molecule has 0 saturated heterocycles. The van der Waals surface area contributed by atoms with Crippen molar-refractivity contribution < 1.29 is 9.47 Å². The van der Waals surface area contributed by atoms with Crippen LogP contribution in [0, 0.1) is 5.41 Å². The van der Waals surface area contributed by atoms with Crippen molar-refractivity contribution in [1.82, 2.24) is 4.98 Å². The monoisotopic (exact) mass is 305 g/mol. The predicted molar refractivity (Wildman–Crippen MR) is 85.5 cm³/mol. The summed E-state index contributed by atoms with van der Waals surface area (Å²) in [6.45, 7) is 5.23. The molecule has 0 aliphatic carbocycles. The normalized spacial score (nSPS) is 10.4. The molecule has 0 aliphatic rings. The summed E-state index contributed by atoms with van der Waals surface area (Å²) in [4.78, 5) is 4.35. The van der Waals surface area contributed by atoms with Gasteiger partial charge < -0.3 is 15.2 Å². The standard InChI is InChI=1S/C15H19N3O2S/c1-3-7-20-12-6-5-10(8-13(12)19-4-2)15-18-11(9-21-15)14(16)17/h5-6,8-9H,3-4,7H2,1-2H3,(H3,16,17). The van der Waals surface area contributed by atoms with Crippen LogP contribution in [0.25, 0.3) is 10.6 Å². The van der Waals surface area contributed by atoms with Gasteiger partial charge in [-0.1, -0.05) is 6.92 Å². The Balaban J connectivity index is 2.31. The van der Waals surface area contributed by atoms with E-state index in [1.807, 2.05) is 25.1 Å². The van der Waals surface area contributed by atoms with Crippen LogP contribution < -0.4 is 15.2 Å². The number of aromatic nitrogens is 1. The van der Waals surface area contributed by atoms with Gasteiger partial charge in [0.2, 0.25) is 0 Å². The second-order valence-electron chi connectivity index (χ2n) is 4.39. The molecule has 0 bridgehead atoms. The molecule has 112 valence electrons. The summed E-state index contributed by atoms with van der Waals surface area (Å²) >= 11 is 1.45. The Labute approximate surface area is 128 Å². The largest absolute Gasteiger partial charge is 0.490 e. The number of thiazole rings is 1. The highest BCUT2D eigenvalue weighted by Crippen LogP contribution is 2.34. The van der Waals surface area contributed by atoms with Crippen LogP contribution in [0.4, 0.5) is 0 Å². The smallest absolute Gasteiger partial charge is 0.161 e. The quantitative estimate of drug-likeness (QED) is 0.607. The van der Waals surface area contributed by atoms with Crippen LogP contribution in [0.3, 0.4) is 0 Å². The number of nitrogens with zero attached hydrogens (tertiary/aromatic N) is 1. The molecular formula is C15H19N3O2S. The van der Waals surface area contributed by atoms with E-state index in [2.05, 4.69) is 11.9 Å². The summed E-state index contributed by atoms with van der Waals surface area (Å²) in [6.07, 6.45) is 0.946. The zero-order valence-corrected chi connectivity index (χ0v) is 13.0. The highest BCUT2D eigenvalue weighted by Gasteiger charge is 2.11. The first kappa shape index (κ1) is 15.3. The molecule has 0 spiro atoms. The molecule has 0 aliphatic heterocycles. The number of hydrogen-bond acceptors (Lipinski definition) is 5. The first-order valence-corrected chi connectivity index (χ1v) is 7.73. The van der Waals surface area contributed by atoms with Crippen molar-refractivity contribution in [3.63, 3.8) is 0 Å². The van der Waals surface area contributed by atoms with Crippen molar-refractivity contribution in [2.75, 3.05) is 13.2 Å². The summed E-state index contributed by atoms with van der Waals surface area (Å²) in [6, 6.07) is 5.75. The number of nitrogens with two attached hydrogens (primary N) is 1. The van der Waals surface area contributed by atoms with Gasteiger partial charge in [0.15, 0.2) is 11.5 Å². The number of hydrogen-bond donors (Lipinski definition) is 2. The van der Waals surface area contributed by atoms with Crippen molar-refractivity contribution in [3.05, 3.63) is 29.3 Å². The van der Waals surface area contributed by atoms with Gasteiger partial charge in [-0.25, -0.2) is 4.98 Å². The number of nitrogen functional groups attached to an aromatic ring is 1. The van der Waals surface area contributed by atoms with Crippen LogP contribution in [0.5, 0.6) is 11.5 Å². The molecule has 0 amide bonds. The van der Waals surface area contributed by atoms with Gasteiger partial charge in [0.05, 0.1) is 13.2 Å². The minimum atomic E-state index is -0.0227. The summed E-state index contributed by atoms with van der Waals surface area (Å²) in [5.41, 5.74) is 6.87. The lowest BCUT2D eigenvalue weighted by atomic mass is 10.2. The fourth-order valence-electron chi connectivity index (χ4n) is 1.77. The maximum atomic E-state index is 7.41. The third-order valence-corrected chi connectivity index (χ3v) is 3.62. The second kappa shape index (κ2) is 7.08. The van der Waals surface area contributed by atoms with Crippen LogP contribution >= 0.6 is 11.3 Å². The molecule has 0 unspecified atom stereocenters. The molecule has 5 nitrogen and oxygen atoms in total. The maximum absolute atomic E-state index is 7.41. The maximum Gasteiger partial charge on any atom is 0.161 e. The summed E-state index contributed by atoms with van der Waals surface area (Å²) in [5.74, 6) is 1.43. The fourth-order valence-corrected chi connectivity index (χ4v) is 2.59. The van der Waals surface area contributed by atoms with Crippen LogP contribution in [0.15, 0.2) is 23.6 Å². The molecule has 0 fully saturated rings. The van der Waals surface area contributed by atoms with E-state index < -0.39 is 0 Å². The van der Waals surface area contributed by atoms with E-state index in [0.717, 1.165) is 22.7 Å². The molecule has 1 aromatic carbocycles. The molecular weight excluding hydrogens is 286 g/mol. The highest BCUT2D eigenvalue weighted by atomic mass is 32.1. The van der Waals surface area contributed by atoms with Crippen LogP contribution in [-0.2, 0) is 0 Å². The van der Waals surface area contributed by atoms with Crippen molar-refractivity contribution in [1.29, 1.82) is 5.41 Å². The van der Waals surface area contributed by atoms with Crippen LogP contribution in [0.2, 0.25) is 0 Å². The molecule has 6 heteroatoms. The topological polar surface area (TPSA) is 81.2 Å². The van der Waals surface area contributed by atoms with Crippen molar-refractivity contribution >= 4 is 17.2 Å². The van der Waals surface area contributed by atoms with Gasteiger partial charge in [0.25, 0.3) is 0 Å². The number of rotatable bonds is 7. The SMILES string of the molecule is CCCOc1ccc(-c2nc(C(=N)N)cs2)cc1OCC. The van der Waals surface area contributed by atoms with E-state index in [4.69, 9.17) is 20.6 Å². The van der Waals surface area contributed by atoms with Gasteiger partial charge >= 0.3 is 0 Å². The first-order chi connectivity index (χ1) is 10.2. The van der Waals surface area contributed by atoms with Crippen molar-refractivity contribution in [2.24, 2.45) is 5.73 Å². The Kier molecular flexibility index (Phi) is 5.16. The lowest BCUT2D eigenvalue weighted by Gasteiger charge is -2.12. The summed E-state index contributed by atoms with van der Waals surface area (Å²) in [5, 5.41) is 9.99. The third-order valence-electron chi connectivity index (χ3n) is 2.73. The molecule has 0 radical (unpaired) electrons.